The number of benzene rings is 4. The number of rotatable bonds is 3. The number of fused-ring (bicyclic) bond motifs is 5. The third-order valence-corrected chi connectivity index (χ3v) is 8.63. The van der Waals surface area contributed by atoms with Crippen LogP contribution in [-0.4, -0.2) is 29.4 Å². The first-order chi connectivity index (χ1) is 19.3. The van der Waals surface area contributed by atoms with Gasteiger partial charge >= 0.3 is 0 Å². The summed E-state index contributed by atoms with van der Waals surface area (Å²) in [5, 5.41) is 0.493. The predicted molar refractivity (Wildman–Crippen MR) is 148 cm³/mol. The average Bonchev–Trinajstić information content (AvgIpc) is 3.39. The molecule has 4 nitrogen and oxygen atoms in total. The SMILES string of the molecule is O=C(c1ccc(F)cc1)[C@@H]1[C@@H](c2ccc(F)cc2)C2(C(=O)c3ccccc3C2=O)[C@H]2C=Cc3cc(Cl)ccc3N12. The van der Waals surface area contributed by atoms with Crippen LogP contribution >= 0.6 is 11.6 Å². The molecule has 0 aromatic heterocycles. The Labute approximate surface area is 233 Å². The lowest BCUT2D eigenvalue weighted by atomic mass is 9.64. The molecule has 0 amide bonds. The third kappa shape index (κ3) is 3.26. The van der Waals surface area contributed by atoms with Gasteiger partial charge in [-0.1, -0.05) is 60.2 Å². The number of carbonyl (C=O) groups excluding carboxylic acids is 3. The number of hydrogen-bond acceptors (Lipinski definition) is 4. The molecule has 7 heteroatoms. The van der Waals surface area contributed by atoms with E-state index in [0.717, 1.165) is 5.56 Å². The standard InChI is InChI=1S/C33H20ClF2NO3/c34-21-10-15-26-20(17-21)9-16-27-33(31(39)24-3-1-2-4-25(24)32(33)40)28(18-5-11-22(35)12-6-18)29(37(26)27)30(38)19-7-13-23(36)14-8-19/h1-17,27-29H/t27-,28-,29+/m1/s1. The van der Waals surface area contributed by atoms with Crippen LogP contribution in [0.4, 0.5) is 14.5 Å². The fourth-order valence-corrected chi connectivity index (χ4v) is 6.96. The molecule has 4 aromatic carbocycles. The van der Waals surface area contributed by atoms with Crippen LogP contribution in [-0.2, 0) is 0 Å². The maximum absolute atomic E-state index is 14.5. The van der Waals surface area contributed by atoms with Gasteiger partial charge in [0.05, 0.1) is 6.04 Å². The monoisotopic (exact) mass is 551 g/mol. The van der Waals surface area contributed by atoms with E-state index < -0.39 is 35.1 Å². The van der Waals surface area contributed by atoms with Crippen LogP contribution in [0.5, 0.6) is 0 Å². The fraction of sp³-hybridized carbons (Fsp3) is 0.121. The number of Topliss-reactive ketones (excluding diaryl/α,β-unsaturated/α-hetero) is 3. The molecule has 4 aromatic rings. The van der Waals surface area contributed by atoms with Crippen LogP contribution in [0.3, 0.4) is 0 Å². The summed E-state index contributed by atoms with van der Waals surface area (Å²) in [6.07, 6.45) is 3.61. The van der Waals surface area contributed by atoms with E-state index in [-0.39, 0.29) is 22.9 Å². The number of anilines is 1. The molecule has 0 saturated carbocycles. The molecular weight excluding hydrogens is 532 g/mol. The number of carbonyl (C=O) groups is 3. The smallest absolute Gasteiger partial charge is 0.185 e. The van der Waals surface area contributed by atoms with Crippen LogP contribution in [0.15, 0.2) is 97.1 Å². The van der Waals surface area contributed by atoms with Gasteiger partial charge in [-0.15, -0.1) is 0 Å². The van der Waals surface area contributed by atoms with E-state index in [1.165, 1.54) is 48.5 Å². The molecule has 1 fully saturated rings. The molecule has 2 heterocycles. The summed E-state index contributed by atoms with van der Waals surface area (Å²) < 4.78 is 28.0. The Morgan fingerprint density at radius 3 is 2.02 bits per heavy atom. The summed E-state index contributed by atoms with van der Waals surface area (Å²) in [4.78, 5) is 45.3. The molecule has 196 valence electrons. The number of ketones is 3. The van der Waals surface area contributed by atoms with Crippen molar-refractivity contribution in [2.45, 2.75) is 18.0 Å². The zero-order valence-electron chi connectivity index (χ0n) is 20.9. The number of nitrogens with zero attached hydrogens (tertiary/aromatic N) is 1. The van der Waals surface area contributed by atoms with Gasteiger partial charge in [0.2, 0.25) is 0 Å². The summed E-state index contributed by atoms with van der Waals surface area (Å²) >= 11 is 6.30. The van der Waals surface area contributed by atoms with Crippen molar-refractivity contribution in [3.05, 3.63) is 142 Å². The lowest BCUT2D eigenvalue weighted by molar-refractivity contribution is 0.0666. The van der Waals surface area contributed by atoms with Gasteiger partial charge in [-0.05, 0) is 65.7 Å². The van der Waals surface area contributed by atoms with E-state index in [2.05, 4.69) is 0 Å². The van der Waals surface area contributed by atoms with Gasteiger partial charge in [-0.2, -0.15) is 0 Å². The van der Waals surface area contributed by atoms with Crippen molar-refractivity contribution in [2.75, 3.05) is 4.90 Å². The predicted octanol–water partition coefficient (Wildman–Crippen LogP) is 6.93. The Balaban J connectivity index is 1.54. The Bertz CT molecular complexity index is 1730. The number of halogens is 3. The van der Waals surface area contributed by atoms with Gasteiger partial charge in [-0.3, -0.25) is 14.4 Å². The third-order valence-electron chi connectivity index (χ3n) is 8.39. The number of hydrogen-bond donors (Lipinski definition) is 0. The molecule has 2 aliphatic heterocycles. The van der Waals surface area contributed by atoms with E-state index in [0.29, 0.717) is 27.4 Å². The lowest BCUT2D eigenvalue weighted by Gasteiger charge is -2.37. The van der Waals surface area contributed by atoms with Crippen LogP contribution < -0.4 is 4.90 Å². The first-order valence-electron chi connectivity index (χ1n) is 12.8. The normalized spacial score (nSPS) is 21.9. The minimum absolute atomic E-state index is 0.231. The highest BCUT2D eigenvalue weighted by molar-refractivity contribution is 6.32. The molecule has 3 atom stereocenters. The van der Waals surface area contributed by atoms with Crippen molar-refractivity contribution in [3.8, 4) is 0 Å². The molecule has 1 spiro atoms. The molecule has 0 unspecified atom stereocenters. The van der Waals surface area contributed by atoms with Gasteiger partial charge in [0.1, 0.15) is 23.1 Å². The Morgan fingerprint density at radius 1 is 0.800 bits per heavy atom. The molecule has 0 N–H and O–H groups in total. The summed E-state index contributed by atoms with van der Waals surface area (Å²) in [6, 6.07) is 20.8. The molecular formula is C33H20ClF2NO3. The van der Waals surface area contributed by atoms with E-state index in [1.807, 2.05) is 11.0 Å². The van der Waals surface area contributed by atoms with Gasteiger partial charge < -0.3 is 4.90 Å². The van der Waals surface area contributed by atoms with Crippen molar-refractivity contribution in [1.82, 2.24) is 0 Å². The minimum Gasteiger partial charge on any atom is -0.352 e. The van der Waals surface area contributed by atoms with Crippen molar-refractivity contribution in [3.63, 3.8) is 0 Å². The second-order valence-electron chi connectivity index (χ2n) is 10.3. The van der Waals surface area contributed by atoms with Crippen molar-refractivity contribution in [2.24, 2.45) is 5.41 Å². The van der Waals surface area contributed by atoms with E-state index in [1.54, 1.807) is 48.5 Å². The Kier molecular flexibility index (Phi) is 5.41. The zero-order chi connectivity index (χ0) is 27.8. The fourth-order valence-electron chi connectivity index (χ4n) is 6.78. The summed E-state index contributed by atoms with van der Waals surface area (Å²) in [5.41, 5.74) is 0.971. The maximum atomic E-state index is 14.5. The summed E-state index contributed by atoms with van der Waals surface area (Å²) in [5.74, 6) is -3.10. The minimum atomic E-state index is -1.70. The van der Waals surface area contributed by atoms with Gasteiger partial charge in [0, 0.05) is 33.3 Å². The van der Waals surface area contributed by atoms with E-state index in [4.69, 9.17) is 11.6 Å². The molecule has 40 heavy (non-hydrogen) atoms. The molecule has 0 bridgehead atoms. The van der Waals surface area contributed by atoms with Gasteiger partial charge in [0.25, 0.3) is 0 Å². The van der Waals surface area contributed by atoms with E-state index >= 15 is 0 Å². The lowest BCUT2D eigenvalue weighted by Crippen LogP contribution is -2.48. The summed E-state index contributed by atoms with van der Waals surface area (Å²) in [7, 11) is 0. The highest BCUT2D eigenvalue weighted by Gasteiger charge is 2.71. The van der Waals surface area contributed by atoms with Crippen LogP contribution in [0, 0.1) is 17.0 Å². The Hall–Kier alpha value is -4.42. The van der Waals surface area contributed by atoms with Crippen molar-refractivity contribution >= 4 is 40.7 Å². The summed E-state index contributed by atoms with van der Waals surface area (Å²) in [6.45, 7) is 0. The van der Waals surface area contributed by atoms with E-state index in [9.17, 15) is 23.2 Å². The highest BCUT2D eigenvalue weighted by Crippen LogP contribution is 2.61. The quantitative estimate of drug-likeness (QED) is 0.204. The molecule has 0 radical (unpaired) electrons. The molecule has 7 rings (SSSR count). The average molecular weight is 552 g/mol. The van der Waals surface area contributed by atoms with Crippen LogP contribution in [0.2, 0.25) is 5.02 Å². The van der Waals surface area contributed by atoms with Crippen molar-refractivity contribution in [1.29, 1.82) is 0 Å². The molecule has 1 saturated heterocycles. The topological polar surface area (TPSA) is 54.5 Å². The zero-order valence-corrected chi connectivity index (χ0v) is 21.6. The Morgan fingerprint density at radius 2 is 1.40 bits per heavy atom. The van der Waals surface area contributed by atoms with Crippen molar-refractivity contribution < 1.29 is 23.2 Å². The van der Waals surface area contributed by atoms with Crippen LogP contribution in [0.1, 0.15) is 48.1 Å². The first kappa shape index (κ1) is 24.6. The highest BCUT2D eigenvalue weighted by atomic mass is 35.5. The second kappa shape index (κ2) is 8.80. The second-order valence-corrected chi connectivity index (χ2v) is 10.8. The maximum Gasteiger partial charge on any atom is 0.185 e. The largest absolute Gasteiger partial charge is 0.352 e. The van der Waals surface area contributed by atoms with Gasteiger partial charge in [0.15, 0.2) is 17.3 Å². The molecule has 1 aliphatic carbocycles. The molecule has 3 aliphatic rings. The van der Waals surface area contributed by atoms with Gasteiger partial charge in [-0.25, -0.2) is 8.78 Å². The van der Waals surface area contributed by atoms with Crippen LogP contribution in [0.25, 0.3) is 6.08 Å². The first-order valence-corrected chi connectivity index (χ1v) is 13.2.